The molecule has 5 heteroatoms. The van der Waals surface area contributed by atoms with E-state index >= 15 is 0 Å². The number of nitrogen functional groups attached to an aromatic ring is 1. The van der Waals surface area contributed by atoms with Crippen molar-refractivity contribution in [2.45, 2.75) is 26.7 Å². The smallest absolute Gasteiger partial charge is 0.150 e. The average Bonchev–Trinajstić information content (AvgIpc) is 2.71. The maximum absolute atomic E-state index is 8.87. The molecule has 0 saturated carbocycles. The molecule has 0 aliphatic carbocycles. The Balaban J connectivity index is 1.63. The van der Waals surface area contributed by atoms with Gasteiger partial charge in [-0.05, 0) is 61.1 Å². The first kappa shape index (κ1) is 17.9. The highest BCUT2D eigenvalue weighted by molar-refractivity contribution is 6.08. The Kier molecular flexibility index (Phi) is 4.65. The minimum Gasteiger partial charge on any atom is -0.411 e. The molecular weight excluding hydrogens is 348 g/mol. The summed E-state index contributed by atoms with van der Waals surface area (Å²) in [6, 6.07) is 16.5. The molecule has 2 aromatic carbocycles. The van der Waals surface area contributed by atoms with Crippen molar-refractivity contribution in [2.75, 3.05) is 5.73 Å². The summed E-state index contributed by atoms with van der Waals surface area (Å²) in [7, 11) is 0. The van der Waals surface area contributed by atoms with Gasteiger partial charge in [-0.3, -0.25) is 4.98 Å². The van der Waals surface area contributed by atoms with Gasteiger partial charge in [0.2, 0.25) is 0 Å². The van der Waals surface area contributed by atoms with Crippen molar-refractivity contribution < 1.29 is 5.21 Å². The Morgan fingerprint density at radius 2 is 1.75 bits per heavy atom. The minimum atomic E-state index is 0.469. The molecule has 0 bridgehead atoms. The maximum atomic E-state index is 8.87. The summed E-state index contributed by atoms with van der Waals surface area (Å²) in [5.74, 6) is 0.469. The molecular formula is C23H22N4O. The van der Waals surface area contributed by atoms with Crippen LogP contribution in [-0.4, -0.2) is 20.9 Å². The van der Waals surface area contributed by atoms with E-state index in [1.54, 1.807) is 6.92 Å². The molecule has 0 aliphatic heterocycles. The highest BCUT2D eigenvalue weighted by Gasteiger charge is 2.09. The Morgan fingerprint density at radius 3 is 2.50 bits per heavy atom. The van der Waals surface area contributed by atoms with Crippen LogP contribution in [0.2, 0.25) is 0 Å². The van der Waals surface area contributed by atoms with E-state index in [-0.39, 0.29) is 0 Å². The van der Waals surface area contributed by atoms with Crippen LogP contribution in [0.15, 0.2) is 59.9 Å². The van der Waals surface area contributed by atoms with Gasteiger partial charge in [0.15, 0.2) is 5.82 Å². The van der Waals surface area contributed by atoms with Crippen LogP contribution in [0.3, 0.4) is 0 Å². The van der Waals surface area contributed by atoms with Crippen LogP contribution in [0.4, 0.5) is 5.82 Å². The molecule has 0 amide bonds. The number of fused-ring (bicyclic) bond motifs is 3. The van der Waals surface area contributed by atoms with E-state index < -0.39 is 0 Å². The van der Waals surface area contributed by atoms with E-state index in [9.17, 15) is 0 Å². The number of benzene rings is 2. The largest absolute Gasteiger partial charge is 0.411 e. The number of aryl methyl sites for hydroxylation is 3. The van der Waals surface area contributed by atoms with E-state index in [1.807, 2.05) is 18.3 Å². The van der Waals surface area contributed by atoms with E-state index in [4.69, 9.17) is 10.9 Å². The van der Waals surface area contributed by atoms with E-state index in [1.165, 1.54) is 5.56 Å². The molecule has 0 aliphatic rings. The second-order valence-corrected chi connectivity index (χ2v) is 7.14. The Bertz CT molecular complexity index is 1200. The lowest BCUT2D eigenvalue weighted by Gasteiger charge is -2.09. The van der Waals surface area contributed by atoms with Gasteiger partial charge < -0.3 is 10.9 Å². The van der Waals surface area contributed by atoms with Crippen molar-refractivity contribution in [2.24, 2.45) is 5.16 Å². The predicted molar refractivity (Wildman–Crippen MR) is 114 cm³/mol. The monoisotopic (exact) mass is 370 g/mol. The standard InChI is InChI=1S/C23H22N4O/c1-14-3-10-19-20-12-17(13-25-22(20)23(24)26-21(19)11-14)5-4-16-6-8-18(9-7-16)15(2)27-28/h3,6-13,28H,4-5H2,1-2H3,(H2,24,26). The van der Waals surface area contributed by atoms with Crippen molar-refractivity contribution in [3.8, 4) is 0 Å². The second-order valence-electron chi connectivity index (χ2n) is 7.14. The van der Waals surface area contributed by atoms with Gasteiger partial charge in [-0.15, -0.1) is 0 Å². The van der Waals surface area contributed by atoms with E-state index in [0.717, 1.165) is 51.3 Å². The van der Waals surface area contributed by atoms with E-state index in [0.29, 0.717) is 11.5 Å². The zero-order valence-corrected chi connectivity index (χ0v) is 16.0. The zero-order chi connectivity index (χ0) is 19.7. The van der Waals surface area contributed by atoms with Crippen LogP contribution in [0, 0.1) is 6.92 Å². The fraction of sp³-hybridized carbons (Fsp3) is 0.174. The zero-order valence-electron chi connectivity index (χ0n) is 16.0. The molecule has 0 saturated heterocycles. The highest BCUT2D eigenvalue weighted by Crippen LogP contribution is 2.28. The summed E-state index contributed by atoms with van der Waals surface area (Å²) < 4.78 is 0. The third-order valence-electron chi connectivity index (χ3n) is 5.10. The quantitative estimate of drug-likeness (QED) is 0.237. The van der Waals surface area contributed by atoms with Crippen molar-refractivity contribution in [3.63, 3.8) is 0 Å². The molecule has 4 rings (SSSR count). The number of aromatic nitrogens is 2. The van der Waals surface area contributed by atoms with Gasteiger partial charge in [0.25, 0.3) is 0 Å². The number of anilines is 1. The third-order valence-corrected chi connectivity index (χ3v) is 5.10. The van der Waals surface area contributed by atoms with Gasteiger partial charge in [-0.1, -0.05) is 41.6 Å². The normalized spacial score (nSPS) is 12.0. The number of hydrogen-bond donors (Lipinski definition) is 2. The highest BCUT2D eigenvalue weighted by atomic mass is 16.4. The fourth-order valence-electron chi connectivity index (χ4n) is 3.46. The van der Waals surface area contributed by atoms with Gasteiger partial charge in [-0.2, -0.15) is 0 Å². The van der Waals surface area contributed by atoms with Gasteiger partial charge in [-0.25, -0.2) is 4.98 Å². The van der Waals surface area contributed by atoms with Crippen LogP contribution >= 0.6 is 0 Å². The minimum absolute atomic E-state index is 0.469. The van der Waals surface area contributed by atoms with Crippen LogP contribution < -0.4 is 5.73 Å². The first-order chi connectivity index (χ1) is 13.5. The number of pyridine rings is 2. The Morgan fingerprint density at radius 1 is 1.00 bits per heavy atom. The molecule has 5 nitrogen and oxygen atoms in total. The van der Waals surface area contributed by atoms with Crippen molar-refractivity contribution >= 4 is 33.3 Å². The summed E-state index contributed by atoms with van der Waals surface area (Å²) in [4.78, 5) is 9.09. The topological polar surface area (TPSA) is 84.4 Å². The maximum Gasteiger partial charge on any atom is 0.150 e. The lowest BCUT2D eigenvalue weighted by Crippen LogP contribution is -1.99. The third kappa shape index (κ3) is 3.39. The van der Waals surface area contributed by atoms with Crippen LogP contribution in [0.1, 0.15) is 29.2 Å². The number of nitrogens with zero attached hydrogens (tertiary/aromatic N) is 3. The molecule has 0 unspecified atom stereocenters. The lowest BCUT2D eigenvalue weighted by atomic mass is 10.0. The molecule has 2 aromatic heterocycles. The molecule has 4 aromatic rings. The predicted octanol–water partition coefficient (Wildman–Crippen LogP) is 4.66. The molecule has 0 radical (unpaired) electrons. The summed E-state index contributed by atoms with van der Waals surface area (Å²) >= 11 is 0. The summed E-state index contributed by atoms with van der Waals surface area (Å²) in [5, 5.41) is 14.2. The molecule has 0 spiro atoms. The van der Waals surface area contributed by atoms with Crippen molar-refractivity contribution in [1.29, 1.82) is 0 Å². The molecule has 2 heterocycles. The first-order valence-corrected chi connectivity index (χ1v) is 9.27. The molecule has 0 fully saturated rings. The molecule has 28 heavy (non-hydrogen) atoms. The number of oxime groups is 1. The second kappa shape index (κ2) is 7.27. The Labute approximate surface area is 163 Å². The van der Waals surface area contributed by atoms with Crippen LogP contribution in [0.25, 0.3) is 21.8 Å². The fourth-order valence-corrected chi connectivity index (χ4v) is 3.46. The Hall–Kier alpha value is -3.47. The van der Waals surface area contributed by atoms with Gasteiger partial charge >= 0.3 is 0 Å². The number of rotatable bonds is 4. The van der Waals surface area contributed by atoms with E-state index in [2.05, 4.69) is 58.4 Å². The van der Waals surface area contributed by atoms with Gasteiger partial charge in [0, 0.05) is 17.0 Å². The number of hydrogen-bond acceptors (Lipinski definition) is 5. The molecule has 0 atom stereocenters. The van der Waals surface area contributed by atoms with Crippen molar-refractivity contribution in [3.05, 3.63) is 77.0 Å². The van der Waals surface area contributed by atoms with Crippen LogP contribution in [-0.2, 0) is 12.8 Å². The summed E-state index contributed by atoms with van der Waals surface area (Å²) in [6.45, 7) is 3.83. The summed E-state index contributed by atoms with van der Waals surface area (Å²) in [6.07, 6.45) is 3.67. The van der Waals surface area contributed by atoms with Crippen molar-refractivity contribution in [1.82, 2.24) is 9.97 Å². The van der Waals surface area contributed by atoms with Crippen LogP contribution in [0.5, 0.6) is 0 Å². The average molecular weight is 370 g/mol. The summed E-state index contributed by atoms with van der Waals surface area (Å²) in [5.41, 5.74) is 12.9. The SMILES string of the molecule is CC(=NO)c1ccc(CCc2cnc3c(N)nc4cc(C)ccc4c3c2)cc1. The molecule has 3 N–H and O–H groups in total. The van der Waals surface area contributed by atoms with Gasteiger partial charge in [0.1, 0.15) is 5.52 Å². The molecule has 140 valence electrons. The van der Waals surface area contributed by atoms with Gasteiger partial charge in [0.05, 0.1) is 11.2 Å². The first-order valence-electron chi connectivity index (χ1n) is 9.27. The number of nitrogens with two attached hydrogens (primary N) is 1. The lowest BCUT2D eigenvalue weighted by molar-refractivity contribution is 0.319.